The van der Waals surface area contributed by atoms with Crippen molar-refractivity contribution >= 4 is 58.4 Å². The molecule has 1 aliphatic carbocycles. The lowest BCUT2D eigenvalue weighted by Crippen LogP contribution is -2.50. The number of amides is 2. The summed E-state index contributed by atoms with van der Waals surface area (Å²) in [6.45, 7) is 2.12. The van der Waals surface area contributed by atoms with Crippen LogP contribution in [0.5, 0.6) is 0 Å². The van der Waals surface area contributed by atoms with Gasteiger partial charge in [0.15, 0.2) is 0 Å². The fourth-order valence-corrected chi connectivity index (χ4v) is 5.53. The molecule has 1 aliphatic rings. The molecule has 4 nitrogen and oxygen atoms in total. The van der Waals surface area contributed by atoms with E-state index < -0.39 is 6.04 Å². The standard InChI is InChI=1S/C24H27Cl3N2O2S/c1-16(24(31)28-19-5-2-3-6-19)29(13-17-9-11-18(25)12-10-17)23(30)15-32-14-20-21(26)7-4-8-22(20)27/h4,7-12,16,19H,2-3,5-6,13-15H2,1H3,(H,28,31)/t16-/m1/s1. The van der Waals surface area contributed by atoms with Gasteiger partial charge in [-0.3, -0.25) is 9.59 Å². The monoisotopic (exact) mass is 512 g/mol. The van der Waals surface area contributed by atoms with Gasteiger partial charge in [-0.05, 0) is 55.2 Å². The van der Waals surface area contributed by atoms with Crippen molar-refractivity contribution in [2.75, 3.05) is 5.75 Å². The van der Waals surface area contributed by atoms with E-state index in [1.165, 1.54) is 11.8 Å². The molecule has 172 valence electrons. The molecule has 0 saturated heterocycles. The van der Waals surface area contributed by atoms with Gasteiger partial charge in [0.2, 0.25) is 11.8 Å². The lowest BCUT2D eigenvalue weighted by atomic mass is 10.1. The molecular weight excluding hydrogens is 487 g/mol. The first-order valence-electron chi connectivity index (χ1n) is 10.7. The molecule has 2 amide bonds. The SMILES string of the molecule is C[C@H](C(=O)NC1CCCC1)N(Cc1ccc(Cl)cc1)C(=O)CSCc1c(Cl)cccc1Cl. The summed E-state index contributed by atoms with van der Waals surface area (Å²) in [5.41, 5.74) is 1.73. The third-order valence-electron chi connectivity index (χ3n) is 5.67. The van der Waals surface area contributed by atoms with E-state index in [-0.39, 0.29) is 23.6 Å². The normalized spacial score (nSPS) is 14.9. The molecule has 1 N–H and O–H groups in total. The minimum Gasteiger partial charge on any atom is -0.352 e. The Morgan fingerprint density at radius 3 is 2.31 bits per heavy atom. The molecule has 0 aliphatic heterocycles. The van der Waals surface area contributed by atoms with E-state index in [4.69, 9.17) is 34.8 Å². The molecule has 32 heavy (non-hydrogen) atoms. The van der Waals surface area contributed by atoms with Crippen LogP contribution in [0.3, 0.4) is 0 Å². The lowest BCUT2D eigenvalue weighted by molar-refractivity contribution is -0.138. The number of benzene rings is 2. The zero-order valence-electron chi connectivity index (χ0n) is 18.0. The van der Waals surface area contributed by atoms with Gasteiger partial charge in [0.1, 0.15) is 6.04 Å². The third-order valence-corrected chi connectivity index (χ3v) is 7.57. The third kappa shape index (κ3) is 7.05. The van der Waals surface area contributed by atoms with Gasteiger partial charge in [-0.15, -0.1) is 11.8 Å². The molecule has 2 aromatic rings. The molecule has 1 fully saturated rings. The Balaban J connectivity index is 1.67. The van der Waals surface area contributed by atoms with E-state index in [9.17, 15) is 9.59 Å². The van der Waals surface area contributed by atoms with Gasteiger partial charge in [-0.25, -0.2) is 0 Å². The van der Waals surface area contributed by atoms with E-state index in [1.807, 2.05) is 12.1 Å². The molecule has 0 spiro atoms. The van der Waals surface area contributed by atoms with Crippen LogP contribution in [0, 0.1) is 0 Å². The van der Waals surface area contributed by atoms with Crippen LogP contribution in [0.25, 0.3) is 0 Å². The maximum Gasteiger partial charge on any atom is 0.242 e. The number of hydrogen-bond donors (Lipinski definition) is 1. The Hall–Kier alpha value is -1.40. The number of halogens is 3. The second kappa shape index (κ2) is 12.2. The molecule has 8 heteroatoms. The van der Waals surface area contributed by atoms with Crippen molar-refractivity contribution in [1.29, 1.82) is 0 Å². The van der Waals surface area contributed by atoms with Gasteiger partial charge in [0.05, 0.1) is 5.75 Å². The Kier molecular flexibility index (Phi) is 9.60. The van der Waals surface area contributed by atoms with Crippen molar-refractivity contribution in [2.45, 2.75) is 57.0 Å². The molecule has 2 aromatic carbocycles. The molecule has 0 radical (unpaired) electrons. The van der Waals surface area contributed by atoms with Crippen LogP contribution < -0.4 is 5.32 Å². The number of rotatable bonds is 9. The Morgan fingerprint density at radius 2 is 1.69 bits per heavy atom. The summed E-state index contributed by atoms with van der Waals surface area (Å²) in [5.74, 6) is 0.512. The molecule has 0 bridgehead atoms. The summed E-state index contributed by atoms with van der Waals surface area (Å²) in [4.78, 5) is 27.7. The largest absolute Gasteiger partial charge is 0.352 e. The van der Waals surface area contributed by atoms with Crippen molar-refractivity contribution in [2.24, 2.45) is 0 Å². The molecule has 0 heterocycles. The number of carbonyl (C=O) groups is 2. The van der Waals surface area contributed by atoms with E-state index in [1.54, 1.807) is 42.2 Å². The molecule has 1 atom stereocenters. The van der Waals surface area contributed by atoms with Crippen LogP contribution in [0.4, 0.5) is 0 Å². The predicted octanol–water partition coefficient (Wildman–Crippen LogP) is 6.36. The van der Waals surface area contributed by atoms with Crippen molar-refractivity contribution in [3.63, 3.8) is 0 Å². The van der Waals surface area contributed by atoms with E-state index in [0.29, 0.717) is 27.4 Å². The number of thioether (sulfide) groups is 1. The van der Waals surface area contributed by atoms with E-state index in [2.05, 4.69) is 5.32 Å². The summed E-state index contributed by atoms with van der Waals surface area (Å²) < 4.78 is 0. The summed E-state index contributed by atoms with van der Waals surface area (Å²) in [6, 6.07) is 12.3. The topological polar surface area (TPSA) is 49.4 Å². The van der Waals surface area contributed by atoms with Gasteiger partial charge in [0, 0.05) is 33.4 Å². The highest BCUT2D eigenvalue weighted by Gasteiger charge is 2.28. The predicted molar refractivity (Wildman–Crippen MR) is 134 cm³/mol. The molecule has 0 aromatic heterocycles. The van der Waals surface area contributed by atoms with Crippen LogP contribution >= 0.6 is 46.6 Å². The van der Waals surface area contributed by atoms with E-state index in [0.717, 1.165) is 36.8 Å². The van der Waals surface area contributed by atoms with Crippen LogP contribution in [0.15, 0.2) is 42.5 Å². The fraction of sp³-hybridized carbons (Fsp3) is 0.417. The van der Waals surface area contributed by atoms with Crippen LogP contribution in [0.2, 0.25) is 15.1 Å². The van der Waals surface area contributed by atoms with Gasteiger partial charge in [0.25, 0.3) is 0 Å². The second-order valence-electron chi connectivity index (χ2n) is 8.01. The lowest BCUT2D eigenvalue weighted by Gasteiger charge is -2.29. The van der Waals surface area contributed by atoms with Crippen molar-refractivity contribution in [3.8, 4) is 0 Å². The first-order chi connectivity index (χ1) is 15.3. The van der Waals surface area contributed by atoms with Gasteiger partial charge >= 0.3 is 0 Å². The summed E-state index contributed by atoms with van der Waals surface area (Å²) >= 11 is 19.9. The molecule has 3 rings (SSSR count). The summed E-state index contributed by atoms with van der Waals surface area (Å²) in [6.07, 6.45) is 4.26. The minimum absolute atomic E-state index is 0.109. The first-order valence-corrected chi connectivity index (χ1v) is 13.0. The highest BCUT2D eigenvalue weighted by atomic mass is 35.5. The average Bonchev–Trinajstić information content (AvgIpc) is 3.27. The van der Waals surface area contributed by atoms with Crippen molar-refractivity contribution in [1.82, 2.24) is 10.2 Å². The van der Waals surface area contributed by atoms with E-state index >= 15 is 0 Å². The maximum absolute atomic E-state index is 13.2. The Bertz CT molecular complexity index is 913. The van der Waals surface area contributed by atoms with Crippen LogP contribution in [0.1, 0.15) is 43.7 Å². The van der Waals surface area contributed by atoms with Crippen molar-refractivity contribution < 1.29 is 9.59 Å². The zero-order valence-corrected chi connectivity index (χ0v) is 21.0. The highest BCUT2D eigenvalue weighted by Crippen LogP contribution is 2.28. The molecule has 1 saturated carbocycles. The smallest absolute Gasteiger partial charge is 0.242 e. The molecular formula is C24H27Cl3N2O2S. The quantitative estimate of drug-likeness (QED) is 0.425. The number of nitrogens with one attached hydrogen (secondary N) is 1. The minimum atomic E-state index is -0.580. The molecule has 0 unspecified atom stereocenters. The van der Waals surface area contributed by atoms with Gasteiger partial charge in [-0.1, -0.05) is 65.8 Å². The first kappa shape index (κ1) is 25.2. The van der Waals surface area contributed by atoms with Crippen LogP contribution in [-0.4, -0.2) is 34.6 Å². The second-order valence-corrected chi connectivity index (χ2v) is 10.2. The highest BCUT2D eigenvalue weighted by molar-refractivity contribution is 7.99. The summed E-state index contributed by atoms with van der Waals surface area (Å²) in [7, 11) is 0. The number of carbonyl (C=O) groups excluding carboxylic acids is 2. The number of nitrogens with zero attached hydrogens (tertiary/aromatic N) is 1. The number of hydrogen-bond acceptors (Lipinski definition) is 3. The van der Waals surface area contributed by atoms with Gasteiger partial charge in [-0.2, -0.15) is 0 Å². The Morgan fingerprint density at radius 1 is 1.06 bits per heavy atom. The zero-order chi connectivity index (χ0) is 23.1. The van der Waals surface area contributed by atoms with Crippen molar-refractivity contribution in [3.05, 3.63) is 68.7 Å². The Labute approximate surface area is 209 Å². The van der Waals surface area contributed by atoms with Gasteiger partial charge < -0.3 is 10.2 Å². The average molecular weight is 514 g/mol. The fourth-order valence-electron chi connectivity index (χ4n) is 3.75. The maximum atomic E-state index is 13.2. The summed E-state index contributed by atoms with van der Waals surface area (Å²) in [5, 5.41) is 4.91. The van der Waals surface area contributed by atoms with Crippen LogP contribution in [-0.2, 0) is 21.9 Å².